The van der Waals surface area contributed by atoms with Crippen molar-refractivity contribution in [2.45, 2.75) is 46.1 Å². The lowest BCUT2D eigenvalue weighted by atomic mass is 9.98. The third-order valence-corrected chi connectivity index (χ3v) is 8.65. The van der Waals surface area contributed by atoms with Crippen LogP contribution in [-0.4, -0.2) is 88.2 Å². The second-order valence-electron chi connectivity index (χ2n) is 11.9. The third kappa shape index (κ3) is 10.9. The fourth-order valence-corrected chi connectivity index (χ4v) is 5.91. The number of amides is 2. The van der Waals surface area contributed by atoms with Crippen LogP contribution in [0.15, 0.2) is 91.4 Å². The van der Waals surface area contributed by atoms with Crippen LogP contribution in [0.4, 0.5) is 4.39 Å². The zero-order valence-electron chi connectivity index (χ0n) is 29.9. The Kier molecular flexibility index (Phi) is 15.0. The molecule has 6 rings (SSSR count). The number of methoxy groups -OCH3 is 1. The van der Waals surface area contributed by atoms with Gasteiger partial charge >= 0.3 is 0 Å². The molecule has 4 heterocycles. The van der Waals surface area contributed by atoms with Gasteiger partial charge in [0.2, 0.25) is 12.3 Å². The van der Waals surface area contributed by atoms with Crippen LogP contribution in [0.3, 0.4) is 0 Å². The molecule has 2 amide bonds. The standard InChI is InChI=1S/C23H28N4O2.C15H14FN3O.C2H6/c1-29-21-4-2-13-26(16-21)17-22(28)27-14-9-19(10-15-27)18-5-7-20(8-6-18)23-24-11-3-12-25-23;1-3-13(17-9-20)8-14-10(2)18-19-15(14)11-4-6-12(16)7-5-11;1-2/h3,5-9,11-12,21H,2,4,10,13-17H2,1H3;3-9H,1H2,2H3,(H,17,20)(H,18,19);1-2H3/b;13-8+;. The SMILES string of the molecule is C=C/C(=C\c1c(-c2ccc(F)cc2)n[nH]c1C)NC=O.CC.COC1CCCN(CC(=O)N2CC=C(c3ccc(-c4ncccn4)cc3)CC2)C1. The molecule has 51 heavy (non-hydrogen) atoms. The molecule has 10 nitrogen and oxygen atoms in total. The van der Waals surface area contributed by atoms with Crippen LogP contribution in [0.1, 0.15) is 49.9 Å². The van der Waals surface area contributed by atoms with Crippen LogP contribution in [0.25, 0.3) is 34.3 Å². The van der Waals surface area contributed by atoms with E-state index in [1.807, 2.05) is 31.7 Å². The molecular formula is C40H48FN7O3. The van der Waals surface area contributed by atoms with E-state index >= 15 is 0 Å². The van der Waals surface area contributed by atoms with Crippen LogP contribution in [0, 0.1) is 12.7 Å². The summed E-state index contributed by atoms with van der Waals surface area (Å²) in [5.74, 6) is 0.656. The summed E-state index contributed by atoms with van der Waals surface area (Å²) in [6.07, 6.45) is 12.9. The number of carbonyl (C=O) groups is 2. The molecule has 2 aromatic carbocycles. The summed E-state index contributed by atoms with van der Waals surface area (Å²) in [6, 6.07) is 16.2. The predicted molar refractivity (Wildman–Crippen MR) is 201 cm³/mol. The Morgan fingerprint density at radius 2 is 1.75 bits per heavy atom. The molecule has 11 heteroatoms. The lowest BCUT2D eigenvalue weighted by Crippen LogP contribution is -2.46. The highest BCUT2D eigenvalue weighted by Crippen LogP contribution is 2.27. The lowest BCUT2D eigenvalue weighted by molar-refractivity contribution is -0.132. The number of nitrogens with zero attached hydrogens (tertiary/aromatic N) is 5. The number of hydrogen-bond acceptors (Lipinski definition) is 7. The largest absolute Gasteiger partial charge is 0.380 e. The Morgan fingerprint density at radius 1 is 1.06 bits per heavy atom. The Balaban J connectivity index is 0.000000232. The molecule has 1 unspecified atom stereocenters. The molecule has 268 valence electrons. The smallest absolute Gasteiger partial charge is 0.237 e. The van der Waals surface area contributed by atoms with Gasteiger partial charge in [-0.25, -0.2) is 14.4 Å². The van der Waals surface area contributed by atoms with Gasteiger partial charge in [0, 0.05) is 67.2 Å². The van der Waals surface area contributed by atoms with Crippen molar-refractivity contribution in [2.75, 3.05) is 39.8 Å². The molecule has 0 bridgehead atoms. The predicted octanol–water partition coefficient (Wildman–Crippen LogP) is 6.69. The molecule has 1 saturated heterocycles. The van der Waals surface area contributed by atoms with E-state index in [0.717, 1.165) is 67.1 Å². The summed E-state index contributed by atoms with van der Waals surface area (Å²) in [4.78, 5) is 36.0. The summed E-state index contributed by atoms with van der Waals surface area (Å²) < 4.78 is 18.4. The zero-order valence-corrected chi connectivity index (χ0v) is 29.9. The normalized spacial score (nSPS) is 16.1. The number of ether oxygens (including phenoxy) is 1. The van der Waals surface area contributed by atoms with E-state index in [0.29, 0.717) is 30.9 Å². The van der Waals surface area contributed by atoms with Crippen molar-refractivity contribution in [2.24, 2.45) is 0 Å². The summed E-state index contributed by atoms with van der Waals surface area (Å²) in [7, 11) is 1.76. The zero-order chi connectivity index (χ0) is 36.6. The maximum absolute atomic E-state index is 13.0. The van der Waals surface area contributed by atoms with Gasteiger partial charge in [-0.3, -0.25) is 19.6 Å². The number of aromatic nitrogens is 4. The number of benzene rings is 2. The van der Waals surface area contributed by atoms with Crippen molar-refractivity contribution in [1.82, 2.24) is 35.3 Å². The van der Waals surface area contributed by atoms with Crippen molar-refractivity contribution in [1.29, 1.82) is 0 Å². The lowest BCUT2D eigenvalue weighted by Gasteiger charge is -2.34. The van der Waals surface area contributed by atoms with E-state index in [1.165, 1.54) is 29.3 Å². The third-order valence-electron chi connectivity index (χ3n) is 8.65. The monoisotopic (exact) mass is 693 g/mol. The minimum Gasteiger partial charge on any atom is -0.380 e. The van der Waals surface area contributed by atoms with Crippen LogP contribution >= 0.6 is 0 Å². The van der Waals surface area contributed by atoms with E-state index in [1.54, 1.807) is 37.7 Å². The van der Waals surface area contributed by atoms with Gasteiger partial charge in [0.1, 0.15) is 5.82 Å². The molecule has 0 radical (unpaired) electrons. The van der Waals surface area contributed by atoms with Crippen molar-refractivity contribution in [3.8, 4) is 22.6 Å². The maximum Gasteiger partial charge on any atom is 0.237 e. The van der Waals surface area contributed by atoms with Gasteiger partial charge in [-0.2, -0.15) is 5.10 Å². The molecule has 2 aromatic heterocycles. The second kappa shape index (κ2) is 19.8. The number of aryl methyl sites for hydroxylation is 1. The molecule has 0 saturated carbocycles. The van der Waals surface area contributed by atoms with Crippen molar-refractivity contribution in [3.05, 3.63) is 114 Å². The van der Waals surface area contributed by atoms with Crippen molar-refractivity contribution >= 4 is 24.0 Å². The highest BCUT2D eigenvalue weighted by Gasteiger charge is 2.24. The van der Waals surface area contributed by atoms with Gasteiger partial charge in [0.15, 0.2) is 5.82 Å². The quantitative estimate of drug-likeness (QED) is 0.140. The van der Waals surface area contributed by atoms with E-state index in [4.69, 9.17) is 4.74 Å². The van der Waals surface area contributed by atoms with Gasteiger partial charge in [-0.1, -0.05) is 50.8 Å². The minimum atomic E-state index is -0.299. The van der Waals surface area contributed by atoms with Gasteiger partial charge in [-0.15, -0.1) is 0 Å². The van der Waals surface area contributed by atoms with Gasteiger partial charge in [-0.05, 0) is 86.4 Å². The first-order valence-corrected chi connectivity index (χ1v) is 17.3. The molecule has 0 spiro atoms. The first kappa shape index (κ1) is 38.5. The first-order chi connectivity index (χ1) is 24.9. The van der Waals surface area contributed by atoms with E-state index in [-0.39, 0.29) is 17.8 Å². The molecular weight excluding hydrogens is 645 g/mol. The van der Waals surface area contributed by atoms with Crippen molar-refractivity contribution in [3.63, 3.8) is 0 Å². The van der Waals surface area contributed by atoms with Crippen molar-refractivity contribution < 1.29 is 18.7 Å². The number of rotatable bonds is 10. The van der Waals surface area contributed by atoms with E-state index < -0.39 is 0 Å². The van der Waals surface area contributed by atoms with Gasteiger partial charge < -0.3 is 15.0 Å². The first-order valence-electron chi connectivity index (χ1n) is 17.3. The molecule has 1 fully saturated rings. The summed E-state index contributed by atoms with van der Waals surface area (Å²) in [5.41, 5.74) is 7.22. The number of hydrogen-bond donors (Lipinski definition) is 2. The summed E-state index contributed by atoms with van der Waals surface area (Å²) in [5, 5.41) is 9.65. The average Bonchev–Trinajstić information content (AvgIpc) is 3.55. The number of halogens is 1. The van der Waals surface area contributed by atoms with E-state index in [2.05, 4.69) is 67.3 Å². The Bertz CT molecular complexity index is 1770. The fraction of sp³-hybridized carbons (Fsp3) is 0.325. The Morgan fingerprint density at radius 3 is 2.37 bits per heavy atom. The summed E-state index contributed by atoms with van der Waals surface area (Å²) >= 11 is 0. The highest BCUT2D eigenvalue weighted by atomic mass is 19.1. The van der Waals surface area contributed by atoms with Crippen LogP contribution in [-0.2, 0) is 14.3 Å². The maximum atomic E-state index is 13.0. The fourth-order valence-electron chi connectivity index (χ4n) is 5.91. The number of carbonyl (C=O) groups excluding carboxylic acids is 2. The Hall–Kier alpha value is -5.26. The summed E-state index contributed by atoms with van der Waals surface area (Å²) in [6.45, 7) is 13.3. The van der Waals surface area contributed by atoms with Crippen LogP contribution in [0.5, 0.6) is 0 Å². The van der Waals surface area contributed by atoms with Crippen LogP contribution < -0.4 is 5.32 Å². The van der Waals surface area contributed by atoms with Gasteiger partial charge in [0.25, 0.3) is 0 Å². The molecule has 0 aliphatic carbocycles. The number of aromatic amines is 1. The number of nitrogens with one attached hydrogen (secondary N) is 2. The van der Waals surface area contributed by atoms with Crippen LogP contribution in [0.2, 0.25) is 0 Å². The topological polar surface area (TPSA) is 116 Å². The average molecular weight is 694 g/mol. The molecule has 2 aliphatic heterocycles. The molecule has 2 aliphatic rings. The van der Waals surface area contributed by atoms with E-state index in [9.17, 15) is 14.0 Å². The number of piperidine rings is 1. The molecule has 4 aromatic rings. The minimum absolute atomic E-state index is 0.216. The second-order valence-corrected chi connectivity index (χ2v) is 11.9. The van der Waals surface area contributed by atoms with Gasteiger partial charge in [0.05, 0.1) is 18.3 Å². The Labute approximate surface area is 300 Å². The molecule has 2 N–H and O–H groups in total. The number of allylic oxidation sites excluding steroid dienone is 1. The number of likely N-dealkylation sites (tertiary alicyclic amines) is 1. The number of H-pyrrole nitrogens is 1. The molecule has 1 atom stereocenters. The highest BCUT2D eigenvalue weighted by molar-refractivity contribution is 5.80.